The van der Waals surface area contributed by atoms with Crippen molar-refractivity contribution >= 4 is 17.4 Å². The molecule has 3 rings (SSSR count). The average Bonchev–Trinajstić information content (AvgIpc) is 2.91. The summed E-state index contributed by atoms with van der Waals surface area (Å²) in [5, 5.41) is 0. The lowest BCUT2D eigenvalue weighted by Gasteiger charge is -2.37. The quantitative estimate of drug-likeness (QED) is 0.513. The van der Waals surface area contributed by atoms with Gasteiger partial charge in [-0.05, 0) is 50.8 Å². The van der Waals surface area contributed by atoms with Gasteiger partial charge in [0.25, 0.3) is 11.8 Å². The van der Waals surface area contributed by atoms with Gasteiger partial charge in [-0.25, -0.2) is 0 Å². The molecule has 5 nitrogen and oxygen atoms in total. The highest BCUT2D eigenvalue weighted by Gasteiger charge is 2.42. The number of unbranched alkanes of at least 4 members (excludes halogenated alkanes) is 3. The third kappa shape index (κ3) is 4.55. The van der Waals surface area contributed by atoms with Gasteiger partial charge in [0.15, 0.2) is 0 Å². The number of ether oxygens (including phenoxy) is 1. The maximum atomic E-state index is 13.4. The first-order valence-corrected chi connectivity index (χ1v) is 10.9. The summed E-state index contributed by atoms with van der Waals surface area (Å²) in [5.41, 5.74) is 4.24. The van der Waals surface area contributed by atoms with E-state index in [1.807, 2.05) is 39.0 Å². The Kier molecular flexibility index (Phi) is 6.78. The van der Waals surface area contributed by atoms with Gasteiger partial charge in [-0.1, -0.05) is 44.4 Å². The van der Waals surface area contributed by atoms with E-state index in [-0.39, 0.29) is 24.0 Å². The fourth-order valence-corrected chi connectivity index (χ4v) is 4.27. The van der Waals surface area contributed by atoms with Gasteiger partial charge in [0.05, 0.1) is 17.8 Å². The van der Waals surface area contributed by atoms with E-state index in [0.717, 1.165) is 36.8 Å². The number of hydrogen-bond acceptors (Lipinski definition) is 4. The van der Waals surface area contributed by atoms with Gasteiger partial charge >= 0.3 is 0 Å². The van der Waals surface area contributed by atoms with Crippen LogP contribution >= 0.6 is 0 Å². The molecule has 1 aromatic carbocycles. The summed E-state index contributed by atoms with van der Waals surface area (Å²) >= 11 is 0. The summed E-state index contributed by atoms with van der Waals surface area (Å²) in [7, 11) is 0. The summed E-state index contributed by atoms with van der Waals surface area (Å²) in [5.74, 6) is -0.308. The van der Waals surface area contributed by atoms with Gasteiger partial charge in [0.1, 0.15) is 5.70 Å². The van der Waals surface area contributed by atoms with Gasteiger partial charge in [-0.15, -0.1) is 0 Å². The molecular formula is C24H34N2O3. The number of carbonyl (C=O) groups is 2. The first kappa shape index (κ1) is 21.6. The maximum Gasteiger partial charge on any atom is 0.277 e. The second-order valence-electron chi connectivity index (χ2n) is 8.51. The predicted octanol–water partition coefficient (Wildman–Crippen LogP) is 4.07. The third-order valence-electron chi connectivity index (χ3n) is 5.91. The van der Waals surface area contributed by atoms with Crippen molar-refractivity contribution in [2.24, 2.45) is 0 Å². The monoisotopic (exact) mass is 398 g/mol. The molecule has 0 aromatic heterocycles. The van der Waals surface area contributed by atoms with Gasteiger partial charge in [-0.3, -0.25) is 14.5 Å². The number of carbonyl (C=O) groups excluding carboxylic acids is 2. The molecule has 2 amide bonds. The van der Waals surface area contributed by atoms with Crippen LogP contribution in [0.25, 0.3) is 5.57 Å². The lowest BCUT2D eigenvalue weighted by molar-refractivity contribution is -0.138. The van der Waals surface area contributed by atoms with Crippen LogP contribution < -0.4 is 0 Å². The zero-order chi connectivity index (χ0) is 21.1. The Morgan fingerprint density at radius 3 is 2.28 bits per heavy atom. The molecule has 0 radical (unpaired) electrons. The molecule has 2 heterocycles. The molecule has 158 valence electrons. The minimum Gasteiger partial charge on any atom is -0.372 e. The second kappa shape index (κ2) is 9.12. The maximum absolute atomic E-state index is 13.4. The largest absolute Gasteiger partial charge is 0.372 e. The van der Waals surface area contributed by atoms with E-state index in [1.54, 1.807) is 0 Å². The van der Waals surface area contributed by atoms with E-state index in [4.69, 9.17) is 4.74 Å². The zero-order valence-electron chi connectivity index (χ0n) is 18.5. The Hall–Kier alpha value is -2.14. The van der Waals surface area contributed by atoms with E-state index in [2.05, 4.69) is 18.7 Å². The van der Waals surface area contributed by atoms with Crippen LogP contribution in [0.4, 0.5) is 0 Å². The molecule has 0 bridgehead atoms. The standard InChI is InChI=1S/C24H34N2O3/c1-6-7-8-9-12-26-23(27)21(20-11-10-16(2)17(3)13-20)22(24(26)28)25-14-18(4)29-19(5)15-25/h10-11,13,18-19H,6-9,12,14-15H2,1-5H3. The Morgan fingerprint density at radius 2 is 1.66 bits per heavy atom. The summed E-state index contributed by atoms with van der Waals surface area (Å²) in [4.78, 5) is 30.3. The summed E-state index contributed by atoms with van der Waals surface area (Å²) in [6, 6.07) is 6.03. The molecule has 29 heavy (non-hydrogen) atoms. The molecule has 2 unspecified atom stereocenters. The molecule has 1 saturated heterocycles. The number of hydrogen-bond donors (Lipinski definition) is 0. The number of rotatable bonds is 7. The molecule has 1 aromatic rings. The number of imide groups is 1. The Balaban J connectivity index is 1.98. The van der Waals surface area contributed by atoms with Gasteiger partial charge in [0, 0.05) is 19.6 Å². The van der Waals surface area contributed by atoms with Crippen molar-refractivity contribution in [2.45, 2.75) is 72.5 Å². The third-order valence-corrected chi connectivity index (χ3v) is 5.91. The summed E-state index contributed by atoms with van der Waals surface area (Å²) in [6.45, 7) is 12.0. The highest BCUT2D eigenvalue weighted by Crippen LogP contribution is 2.34. The molecule has 0 spiro atoms. The van der Waals surface area contributed by atoms with Crippen LogP contribution in [0.2, 0.25) is 0 Å². The molecule has 2 aliphatic heterocycles. The highest BCUT2D eigenvalue weighted by molar-refractivity contribution is 6.35. The Bertz CT molecular complexity index is 804. The molecule has 0 saturated carbocycles. The first-order valence-electron chi connectivity index (χ1n) is 10.9. The lowest BCUT2D eigenvalue weighted by Crippen LogP contribution is -2.47. The minimum atomic E-state index is -0.156. The van der Waals surface area contributed by atoms with E-state index in [0.29, 0.717) is 30.9 Å². The molecule has 0 N–H and O–H groups in total. The fourth-order valence-electron chi connectivity index (χ4n) is 4.27. The number of benzene rings is 1. The van der Waals surface area contributed by atoms with Crippen molar-refractivity contribution in [2.75, 3.05) is 19.6 Å². The highest BCUT2D eigenvalue weighted by atomic mass is 16.5. The molecule has 5 heteroatoms. The van der Waals surface area contributed by atoms with Crippen molar-refractivity contribution in [3.63, 3.8) is 0 Å². The van der Waals surface area contributed by atoms with Crippen LogP contribution in [-0.2, 0) is 14.3 Å². The number of aryl methyl sites for hydroxylation is 2. The van der Waals surface area contributed by atoms with Gasteiger partial charge < -0.3 is 9.64 Å². The van der Waals surface area contributed by atoms with Crippen LogP contribution in [0.5, 0.6) is 0 Å². The average molecular weight is 399 g/mol. The van der Waals surface area contributed by atoms with E-state index in [1.165, 1.54) is 10.5 Å². The second-order valence-corrected chi connectivity index (χ2v) is 8.51. The van der Waals surface area contributed by atoms with Crippen molar-refractivity contribution in [3.8, 4) is 0 Å². The van der Waals surface area contributed by atoms with Crippen LogP contribution in [0.3, 0.4) is 0 Å². The van der Waals surface area contributed by atoms with Gasteiger partial charge in [-0.2, -0.15) is 0 Å². The Labute approximate surface area is 174 Å². The normalized spacial score (nSPS) is 22.8. The van der Waals surface area contributed by atoms with Crippen molar-refractivity contribution in [1.29, 1.82) is 0 Å². The van der Waals surface area contributed by atoms with Crippen LogP contribution in [0.15, 0.2) is 23.9 Å². The SMILES string of the molecule is CCCCCCN1C(=O)C(c2ccc(C)c(C)c2)=C(N2CC(C)OC(C)C2)C1=O. The lowest BCUT2D eigenvalue weighted by atomic mass is 9.99. The van der Waals surface area contributed by atoms with Crippen molar-refractivity contribution in [3.05, 3.63) is 40.6 Å². The van der Waals surface area contributed by atoms with Crippen LogP contribution in [0.1, 0.15) is 63.1 Å². The topological polar surface area (TPSA) is 49.9 Å². The summed E-state index contributed by atoms with van der Waals surface area (Å²) < 4.78 is 5.86. The first-order chi connectivity index (χ1) is 13.8. The van der Waals surface area contributed by atoms with Crippen LogP contribution in [0, 0.1) is 13.8 Å². The number of nitrogens with zero attached hydrogens (tertiary/aromatic N) is 2. The minimum absolute atomic E-state index is 0.0220. The predicted molar refractivity (Wildman–Crippen MR) is 115 cm³/mol. The van der Waals surface area contributed by atoms with E-state index in [9.17, 15) is 9.59 Å². The smallest absolute Gasteiger partial charge is 0.277 e. The van der Waals surface area contributed by atoms with Crippen molar-refractivity contribution in [1.82, 2.24) is 9.80 Å². The molecule has 1 fully saturated rings. The fraction of sp³-hybridized carbons (Fsp3) is 0.583. The van der Waals surface area contributed by atoms with E-state index < -0.39 is 0 Å². The van der Waals surface area contributed by atoms with E-state index >= 15 is 0 Å². The van der Waals surface area contributed by atoms with Crippen molar-refractivity contribution < 1.29 is 14.3 Å². The number of morpholine rings is 1. The van der Waals surface area contributed by atoms with Gasteiger partial charge in [0.2, 0.25) is 0 Å². The molecule has 2 aliphatic rings. The molecular weight excluding hydrogens is 364 g/mol. The molecule has 0 aliphatic carbocycles. The zero-order valence-corrected chi connectivity index (χ0v) is 18.5. The summed E-state index contributed by atoms with van der Waals surface area (Å²) in [6.07, 6.45) is 4.19. The Morgan fingerprint density at radius 1 is 0.966 bits per heavy atom. The molecule has 2 atom stereocenters. The van der Waals surface area contributed by atoms with Crippen LogP contribution in [-0.4, -0.2) is 53.5 Å². The number of amides is 2.